The van der Waals surface area contributed by atoms with Gasteiger partial charge in [-0.2, -0.15) is 0 Å². The number of rotatable bonds is 3. The van der Waals surface area contributed by atoms with Gasteiger partial charge in [-0.1, -0.05) is 20.8 Å². The molecule has 1 saturated heterocycles. The first-order valence-corrected chi connectivity index (χ1v) is 9.29. The highest BCUT2D eigenvalue weighted by Crippen LogP contribution is 2.26. The van der Waals surface area contributed by atoms with Crippen LogP contribution in [0.3, 0.4) is 0 Å². The van der Waals surface area contributed by atoms with Crippen molar-refractivity contribution >= 4 is 21.2 Å². The molecule has 0 saturated carbocycles. The van der Waals surface area contributed by atoms with Crippen molar-refractivity contribution in [2.45, 2.75) is 51.6 Å². The lowest BCUT2D eigenvalue weighted by atomic mass is 9.98. The summed E-state index contributed by atoms with van der Waals surface area (Å²) >= 11 is 1.74. The second-order valence-electron chi connectivity index (χ2n) is 6.19. The number of aromatic nitrogens is 1. The van der Waals surface area contributed by atoms with Crippen LogP contribution in [0.2, 0.25) is 0 Å². The van der Waals surface area contributed by atoms with Crippen LogP contribution >= 0.6 is 11.3 Å². The Kier molecular flexibility index (Phi) is 4.32. The molecule has 1 aromatic heterocycles. The summed E-state index contributed by atoms with van der Waals surface area (Å²) in [5.74, 6) is 0.640. The standard InChI is InChI=1S/C13H22N2O2S2/c1-13(2,3)12-15-9-11(18-12)8-14-10-4-6-19(16,17)7-5-10/h9-10,14H,4-8H2,1-3H3. The Morgan fingerprint density at radius 2 is 2.00 bits per heavy atom. The number of nitrogens with one attached hydrogen (secondary N) is 1. The van der Waals surface area contributed by atoms with Crippen LogP contribution in [-0.4, -0.2) is 30.9 Å². The third kappa shape index (κ3) is 4.26. The van der Waals surface area contributed by atoms with E-state index >= 15 is 0 Å². The summed E-state index contributed by atoms with van der Waals surface area (Å²) in [6, 6.07) is 0.323. The van der Waals surface area contributed by atoms with Gasteiger partial charge in [0.25, 0.3) is 0 Å². The van der Waals surface area contributed by atoms with Gasteiger partial charge in [-0.25, -0.2) is 13.4 Å². The van der Waals surface area contributed by atoms with Gasteiger partial charge < -0.3 is 5.32 Å². The molecule has 4 nitrogen and oxygen atoms in total. The molecule has 108 valence electrons. The average molecular weight is 302 g/mol. The van der Waals surface area contributed by atoms with E-state index in [0.717, 1.165) is 24.4 Å². The minimum Gasteiger partial charge on any atom is -0.309 e. The summed E-state index contributed by atoms with van der Waals surface area (Å²) in [5.41, 5.74) is 0.0990. The molecule has 2 heterocycles. The minimum atomic E-state index is -2.76. The second-order valence-corrected chi connectivity index (χ2v) is 9.61. The van der Waals surface area contributed by atoms with Gasteiger partial charge in [-0.05, 0) is 12.8 Å². The van der Waals surface area contributed by atoms with Crippen molar-refractivity contribution in [2.24, 2.45) is 0 Å². The van der Waals surface area contributed by atoms with Crippen molar-refractivity contribution in [3.8, 4) is 0 Å². The highest BCUT2D eigenvalue weighted by atomic mass is 32.2. The van der Waals surface area contributed by atoms with Gasteiger partial charge in [0.15, 0.2) is 0 Å². The maximum atomic E-state index is 11.3. The first-order valence-electron chi connectivity index (χ1n) is 6.65. The summed E-state index contributed by atoms with van der Waals surface area (Å²) in [6.07, 6.45) is 3.39. The third-order valence-electron chi connectivity index (χ3n) is 3.31. The SMILES string of the molecule is CC(C)(C)c1ncc(CNC2CCS(=O)(=O)CC2)s1. The molecule has 0 spiro atoms. The first-order chi connectivity index (χ1) is 8.76. The van der Waals surface area contributed by atoms with Gasteiger partial charge in [0.05, 0.1) is 16.5 Å². The normalized spacial score (nSPS) is 20.6. The Balaban J connectivity index is 1.85. The van der Waals surface area contributed by atoms with Crippen LogP contribution in [0.1, 0.15) is 43.5 Å². The van der Waals surface area contributed by atoms with Crippen molar-refractivity contribution in [1.82, 2.24) is 10.3 Å². The van der Waals surface area contributed by atoms with E-state index in [9.17, 15) is 8.42 Å². The predicted octanol–water partition coefficient (Wildman–Crippen LogP) is 2.11. The summed E-state index contributed by atoms with van der Waals surface area (Å²) < 4.78 is 22.7. The lowest BCUT2D eigenvalue weighted by Gasteiger charge is -2.22. The van der Waals surface area contributed by atoms with E-state index in [0.29, 0.717) is 17.5 Å². The fraction of sp³-hybridized carbons (Fsp3) is 0.769. The van der Waals surface area contributed by atoms with E-state index in [1.807, 2.05) is 6.20 Å². The van der Waals surface area contributed by atoms with Gasteiger partial charge in [0.2, 0.25) is 0 Å². The molecule has 1 aliphatic heterocycles. The van der Waals surface area contributed by atoms with Crippen LogP contribution in [-0.2, 0) is 21.8 Å². The second kappa shape index (κ2) is 5.50. The largest absolute Gasteiger partial charge is 0.309 e. The minimum absolute atomic E-state index is 0.0990. The van der Waals surface area contributed by atoms with E-state index < -0.39 is 9.84 Å². The van der Waals surface area contributed by atoms with Crippen LogP contribution < -0.4 is 5.32 Å². The molecule has 0 aromatic carbocycles. The Morgan fingerprint density at radius 3 is 2.53 bits per heavy atom. The maximum Gasteiger partial charge on any atom is 0.150 e. The summed E-state index contributed by atoms with van der Waals surface area (Å²) in [5, 5.41) is 4.60. The molecule has 1 N–H and O–H groups in total. The molecule has 1 fully saturated rings. The maximum absolute atomic E-state index is 11.3. The molecular weight excluding hydrogens is 280 g/mol. The molecule has 0 bridgehead atoms. The molecule has 2 rings (SSSR count). The summed E-state index contributed by atoms with van der Waals surface area (Å²) in [4.78, 5) is 5.68. The number of nitrogens with zero attached hydrogens (tertiary/aromatic N) is 1. The zero-order chi connectivity index (χ0) is 14.1. The fourth-order valence-corrected chi connectivity index (χ4v) is 4.49. The molecule has 1 aromatic rings. The lowest BCUT2D eigenvalue weighted by Crippen LogP contribution is -2.36. The zero-order valence-electron chi connectivity index (χ0n) is 11.8. The smallest absolute Gasteiger partial charge is 0.150 e. The van der Waals surface area contributed by atoms with Crippen LogP contribution in [0.5, 0.6) is 0 Å². The number of hydrogen-bond acceptors (Lipinski definition) is 5. The average Bonchev–Trinajstić information content (AvgIpc) is 2.76. The molecule has 19 heavy (non-hydrogen) atoms. The van der Waals surface area contributed by atoms with Crippen LogP contribution in [0.25, 0.3) is 0 Å². The van der Waals surface area contributed by atoms with Crippen molar-refractivity contribution in [1.29, 1.82) is 0 Å². The molecule has 0 aliphatic carbocycles. The Bertz CT molecular complexity index is 515. The number of sulfone groups is 1. The van der Waals surface area contributed by atoms with Crippen molar-refractivity contribution < 1.29 is 8.42 Å². The Labute approximate surface area is 119 Å². The Morgan fingerprint density at radius 1 is 1.37 bits per heavy atom. The number of hydrogen-bond donors (Lipinski definition) is 1. The van der Waals surface area contributed by atoms with Gasteiger partial charge in [-0.15, -0.1) is 11.3 Å². The van der Waals surface area contributed by atoms with Crippen LogP contribution in [0.15, 0.2) is 6.20 Å². The van der Waals surface area contributed by atoms with Gasteiger partial charge in [-0.3, -0.25) is 0 Å². The van der Waals surface area contributed by atoms with Crippen LogP contribution in [0.4, 0.5) is 0 Å². The topological polar surface area (TPSA) is 59.1 Å². The molecule has 0 atom stereocenters. The fourth-order valence-electron chi connectivity index (χ4n) is 2.08. The van der Waals surface area contributed by atoms with E-state index in [2.05, 4.69) is 31.1 Å². The van der Waals surface area contributed by atoms with E-state index in [-0.39, 0.29) is 5.41 Å². The van der Waals surface area contributed by atoms with Crippen molar-refractivity contribution in [3.05, 3.63) is 16.1 Å². The monoisotopic (exact) mass is 302 g/mol. The zero-order valence-corrected chi connectivity index (χ0v) is 13.4. The molecule has 1 aliphatic rings. The summed E-state index contributed by atoms with van der Waals surface area (Å²) in [7, 11) is -2.76. The van der Waals surface area contributed by atoms with E-state index in [1.165, 1.54) is 4.88 Å². The quantitative estimate of drug-likeness (QED) is 0.929. The highest BCUT2D eigenvalue weighted by molar-refractivity contribution is 7.91. The van der Waals surface area contributed by atoms with Gasteiger partial charge in [0.1, 0.15) is 9.84 Å². The predicted molar refractivity (Wildman–Crippen MR) is 79.3 cm³/mol. The number of thiazole rings is 1. The highest BCUT2D eigenvalue weighted by Gasteiger charge is 2.23. The van der Waals surface area contributed by atoms with E-state index in [4.69, 9.17) is 0 Å². The molecule has 0 radical (unpaired) electrons. The van der Waals surface area contributed by atoms with Gasteiger partial charge in [0, 0.05) is 29.1 Å². The lowest BCUT2D eigenvalue weighted by molar-refractivity contribution is 0.464. The third-order valence-corrected chi connectivity index (χ3v) is 6.45. The van der Waals surface area contributed by atoms with Crippen LogP contribution in [0, 0.1) is 0 Å². The molecule has 6 heteroatoms. The Hall–Kier alpha value is -0.460. The van der Waals surface area contributed by atoms with Gasteiger partial charge >= 0.3 is 0 Å². The van der Waals surface area contributed by atoms with Crippen molar-refractivity contribution in [3.63, 3.8) is 0 Å². The first kappa shape index (κ1) is 14.9. The summed E-state index contributed by atoms with van der Waals surface area (Å²) in [6.45, 7) is 7.28. The molecule has 0 unspecified atom stereocenters. The molecule has 0 amide bonds. The molecular formula is C13H22N2O2S2. The van der Waals surface area contributed by atoms with E-state index in [1.54, 1.807) is 11.3 Å². The van der Waals surface area contributed by atoms with Crippen molar-refractivity contribution in [2.75, 3.05) is 11.5 Å².